The SMILES string of the molecule is C[C@@H]1[C@@H](O[Si](C)(C)C(C)(C)C)[C@H](O[Si](C)(C)C(C)(C)C)[C@@H](CC(C[C@@H](/C=C/COCc2ccccc2)O[Si](C)(C)C(C)(C)C)S(=O)(=O)c2ccccc2)O[C@H]1[C@H](O[Si](C)(C)C(C)(C)C)[C@H]1C[C@H](O[Si](C)(C)C(C)(C)C)[C@@H](C)[C@@H](CCCCO[Si](c2ccccc2)(c2ccccc2)C(C)(C)C)O1. The average Bonchev–Trinajstić information content (AvgIpc) is 0.751. The van der Waals surface area contributed by atoms with Crippen molar-refractivity contribution in [1.29, 1.82) is 0 Å². The summed E-state index contributed by atoms with van der Waals surface area (Å²) in [5.41, 5.74) is 1.08. The van der Waals surface area contributed by atoms with E-state index < -0.39 is 108 Å². The normalized spacial score (nSPS) is 23.4. The number of hydrogen-bond donors (Lipinski definition) is 0. The van der Waals surface area contributed by atoms with Gasteiger partial charge in [-0.2, -0.15) is 0 Å². The van der Waals surface area contributed by atoms with Crippen LogP contribution in [0.2, 0.25) is 95.7 Å². The Morgan fingerprint density at radius 2 is 0.950 bits per heavy atom. The molecule has 2 aliphatic heterocycles. The maximum Gasteiger partial charge on any atom is 0.261 e. The highest BCUT2D eigenvalue weighted by Crippen LogP contribution is 2.51. The van der Waals surface area contributed by atoms with Gasteiger partial charge in [0.25, 0.3) is 8.32 Å². The average molecular weight is 1520 g/mol. The third-order valence-electron chi connectivity index (χ3n) is 24.7. The monoisotopic (exact) mass is 1510 g/mol. The van der Waals surface area contributed by atoms with Crippen molar-refractivity contribution < 1.29 is 49.2 Å². The van der Waals surface area contributed by atoms with Gasteiger partial charge in [0.15, 0.2) is 51.4 Å². The van der Waals surface area contributed by atoms with Crippen LogP contribution in [0.4, 0.5) is 0 Å². The van der Waals surface area contributed by atoms with E-state index in [-0.39, 0.29) is 72.0 Å². The molecule has 0 spiro atoms. The van der Waals surface area contributed by atoms with Crippen LogP contribution in [0.15, 0.2) is 138 Å². The molecule has 4 aromatic carbocycles. The molecule has 4 aromatic rings. The maximum atomic E-state index is 16.2. The van der Waals surface area contributed by atoms with Crippen molar-refractivity contribution in [3.63, 3.8) is 0 Å². The lowest BCUT2D eigenvalue weighted by atomic mass is 9.80. The molecule has 570 valence electrons. The van der Waals surface area contributed by atoms with Crippen LogP contribution in [0.5, 0.6) is 0 Å². The van der Waals surface area contributed by atoms with Gasteiger partial charge in [-0.15, -0.1) is 0 Å². The first-order valence-electron chi connectivity index (χ1n) is 38.2. The summed E-state index contributed by atoms with van der Waals surface area (Å²) < 4.78 is 102. The Morgan fingerprint density at radius 1 is 0.505 bits per heavy atom. The van der Waals surface area contributed by atoms with E-state index in [0.29, 0.717) is 26.2 Å². The molecule has 2 aliphatic rings. The van der Waals surface area contributed by atoms with E-state index in [1.807, 2.05) is 42.5 Å². The fourth-order valence-corrected chi connectivity index (χ4v) is 26.2. The number of unbranched alkanes of at least 4 members (excludes halogenated alkanes) is 1. The molecule has 12 atom stereocenters. The molecule has 0 saturated carbocycles. The van der Waals surface area contributed by atoms with Gasteiger partial charge < -0.3 is 40.8 Å². The Labute approximate surface area is 623 Å². The van der Waals surface area contributed by atoms with Crippen molar-refractivity contribution in [2.45, 2.75) is 344 Å². The van der Waals surface area contributed by atoms with Crippen molar-refractivity contribution in [2.24, 2.45) is 11.8 Å². The molecule has 2 heterocycles. The quantitative estimate of drug-likeness (QED) is 0.0272. The number of ether oxygens (including phenoxy) is 3. The second kappa shape index (κ2) is 34.0. The zero-order chi connectivity index (χ0) is 76.0. The minimum absolute atomic E-state index is 0.0513. The first-order valence-corrected chi connectivity index (χ1v) is 56.2. The molecule has 0 aromatic heterocycles. The summed E-state index contributed by atoms with van der Waals surface area (Å²) in [5, 5.41) is 0.593. The molecule has 0 bridgehead atoms. The number of sulfone groups is 1. The van der Waals surface area contributed by atoms with E-state index in [1.54, 1.807) is 12.1 Å². The molecule has 6 rings (SSSR count). The van der Waals surface area contributed by atoms with Gasteiger partial charge in [-0.3, -0.25) is 0 Å². The predicted octanol–water partition coefficient (Wildman–Crippen LogP) is 21.3. The summed E-state index contributed by atoms with van der Waals surface area (Å²) in [5.74, 6) is -0.238. The lowest BCUT2D eigenvalue weighted by Gasteiger charge is -2.56. The van der Waals surface area contributed by atoms with Crippen LogP contribution in [0.25, 0.3) is 0 Å². The lowest BCUT2D eigenvalue weighted by Crippen LogP contribution is -2.67. The Kier molecular flexibility index (Phi) is 29.4. The molecule has 2 fully saturated rings. The van der Waals surface area contributed by atoms with E-state index >= 15 is 8.42 Å². The first-order chi connectivity index (χ1) is 46.2. The van der Waals surface area contributed by atoms with Crippen LogP contribution in [-0.4, -0.2) is 132 Å². The molecular weight excluding hydrogens is 1370 g/mol. The number of rotatable bonds is 31. The van der Waals surface area contributed by atoms with Gasteiger partial charge >= 0.3 is 0 Å². The van der Waals surface area contributed by atoms with Crippen molar-refractivity contribution in [3.8, 4) is 0 Å². The van der Waals surface area contributed by atoms with Crippen LogP contribution < -0.4 is 10.4 Å². The highest BCUT2D eigenvalue weighted by Gasteiger charge is 2.59. The van der Waals surface area contributed by atoms with Crippen molar-refractivity contribution in [1.82, 2.24) is 0 Å². The molecule has 101 heavy (non-hydrogen) atoms. The Bertz CT molecular complexity index is 3270. The third kappa shape index (κ3) is 21.9. The minimum Gasteiger partial charge on any atom is -0.413 e. The second-order valence-electron chi connectivity index (χ2n) is 38.6. The summed E-state index contributed by atoms with van der Waals surface area (Å²) in [6.07, 6.45) is 2.96. The second-order valence-corrected chi connectivity index (χ2v) is 68.9. The minimum atomic E-state index is -4.11. The summed E-state index contributed by atoms with van der Waals surface area (Å²) >= 11 is 0. The number of benzene rings is 4. The van der Waals surface area contributed by atoms with Gasteiger partial charge in [0, 0.05) is 24.9 Å². The van der Waals surface area contributed by atoms with E-state index in [0.717, 1.165) is 24.8 Å². The van der Waals surface area contributed by atoms with Crippen LogP contribution >= 0.6 is 0 Å². The molecule has 0 amide bonds. The van der Waals surface area contributed by atoms with E-state index in [1.165, 1.54) is 10.4 Å². The Balaban J connectivity index is 1.56. The van der Waals surface area contributed by atoms with Gasteiger partial charge in [0.2, 0.25) is 0 Å². The summed E-state index contributed by atoms with van der Waals surface area (Å²) in [4.78, 5) is 0.264. The van der Waals surface area contributed by atoms with Gasteiger partial charge in [-0.05, 0) is 156 Å². The van der Waals surface area contributed by atoms with Crippen LogP contribution in [0, 0.1) is 11.8 Å². The fourth-order valence-electron chi connectivity index (χ4n) is 13.1. The highest BCUT2D eigenvalue weighted by molar-refractivity contribution is 7.92. The summed E-state index contributed by atoms with van der Waals surface area (Å²) in [6.45, 7) is 70.7. The van der Waals surface area contributed by atoms with Gasteiger partial charge in [-0.1, -0.05) is 260 Å². The molecular formula is C83H142O11SSi6. The molecule has 0 radical (unpaired) electrons. The molecule has 2 saturated heterocycles. The van der Waals surface area contributed by atoms with Crippen LogP contribution in [-0.2, 0) is 57.2 Å². The molecule has 18 heteroatoms. The Morgan fingerprint density at radius 3 is 1.43 bits per heavy atom. The van der Waals surface area contributed by atoms with Gasteiger partial charge in [-0.25, -0.2) is 8.42 Å². The van der Waals surface area contributed by atoms with Crippen molar-refractivity contribution >= 4 is 70.1 Å². The fraction of sp³-hybridized carbons (Fsp3) is 0.687. The lowest BCUT2D eigenvalue weighted by molar-refractivity contribution is -0.241. The first kappa shape index (κ1) is 87.4. The topological polar surface area (TPSA) is 117 Å². The molecule has 11 nitrogen and oxygen atoms in total. The largest absolute Gasteiger partial charge is 0.413 e. The maximum absolute atomic E-state index is 16.2. The van der Waals surface area contributed by atoms with E-state index in [4.69, 9.17) is 40.8 Å². The van der Waals surface area contributed by atoms with E-state index in [9.17, 15) is 0 Å². The zero-order valence-electron chi connectivity index (χ0n) is 68.9. The summed E-state index contributed by atoms with van der Waals surface area (Å²) in [6, 6.07) is 41.1. The molecule has 0 N–H and O–H groups in total. The standard InChI is InChI=1S/C83H142O11SSi6/c1-62-70(55-43-44-57-87-101(83(18,19)20,68-51-39-33-40-52-68)69-53-41-34-42-54-69)88-73(60-71(62)91-97(23,24)79(6,7)8)76(93-99(27,28)81(12,13)14)74-63(2)75(92-98(25,26)80(9,10)11)77(94-100(29,30)82(15,16)17)72(89-74)59-67(95(84,85)66-49-37-32-38-50-66)58-65(90-96(21,22)78(3,4)5)48-45-56-86-61-64-46-35-31-36-47-64/h31-42,45-54,62-63,65,67,70-77H,43-44,55-61H2,1-30H3/b48-45+/t62-,63-,65+,67?,70+,71-,72+,73+,74+,75+,76+,77+/m0/s1. The Hall–Kier alpha value is -2.49. The van der Waals surface area contributed by atoms with Crippen molar-refractivity contribution in [3.05, 3.63) is 139 Å². The molecule has 0 aliphatic carbocycles. The smallest absolute Gasteiger partial charge is 0.261 e. The highest BCUT2D eigenvalue weighted by atomic mass is 32.2. The van der Waals surface area contributed by atoms with Gasteiger partial charge in [0.05, 0.1) is 78.3 Å². The zero-order valence-corrected chi connectivity index (χ0v) is 75.7. The van der Waals surface area contributed by atoms with E-state index in [2.05, 4.69) is 283 Å². The third-order valence-corrected chi connectivity index (χ3v) is 54.4. The van der Waals surface area contributed by atoms with Crippen LogP contribution in [0.3, 0.4) is 0 Å². The number of hydrogen-bond acceptors (Lipinski definition) is 11. The van der Waals surface area contributed by atoms with Crippen molar-refractivity contribution in [2.75, 3.05) is 13.2 Å². The van der Waals surface area contributed by atoms with Crippen LogP contribution in [0.1, 0.15) is 183 Å². The predicted molar refractivity (Wildman–Crippen MR) is 440 cm³/mol. The molecule has 1 unspecified atom stereocenters. The summed E-state index contributed by atoms with van der Waals surface area (Å²) in [7, 11) is -19.9. The van der Waals surface area contributed by atoms with Gasteiger partial charge in [0.1, 0.15) is 0 Å².